The van der Waals surface area contributed by atoms with Crippen LogP contribution in [-0.4, -0.2) is 16.6 Å². The molecule has 6 aromatic carbocycles. The third-order valence-corrected chi connectivity index (χ3v) is 9.32. The Balaban J connectivity index is 0.00000486. The predicted octanol–water partition coefficient (Wildman–Crippen LogP) is 11.3. The first-order valence-electron chi connectivity index (χ1n) is 16.9. The summed E-state index contributed by atoms with van der Waals surface area (Å²) in [6.45, 7) is 12.4. The van der Waals surface area contributed by atoms with Crippen LogP contribution in [0.5, 0.6) is 5.75 Å². The van der Waals surface area contributed by atoms with Crippen molar-refractivity contribution in [1.82, 2.24) is 0 Å². The van der Waals surface area contributed by atoms with Gasteiger partial charge in [0.05, 0.1) is 11.4 Å². The predicted molar refractivity (Wildman–Crippen MR) is 203 cm³/mol. The fraction of sp³-hybridized carbons (Fsp3) is 0.174. The molecule has 0 spiro atoms. The van der Waals surface area contributed by atoms with Crippen LogP contribution in [0.1, 0.15) is 90.3 Å². The first-order chi connectivity index (χ1) is 23.6. The van der Waals surface area contributed by atoms with Gasteiger partial charge >= 0.3 is 0 Å². The Labute approximate surface area is 306 Å². The number of benzene rings is 6. The second-order valence-corrected chi connectivity index (χ2v) is 13.4. The van der Waals surface area contributed by atoms with E-state index in [2.05, 4.69) is 144 Å². The number of aryl methyl sites for hydroxylation is 5. The smallest absolute Gasteiger partial charge is 0.206 e. The average Bonchev–Trinajstić information content (AvgIpc) is 3.09. The molecule has 0 saturated carbocycles. The van der Waals surface area contributed by atoms with E-state index < -0.39 is 0 Å². The van der Waals surface area contributed by atoms with Crippen LogP contribution in [0.25, 0.3) is 0 Å². The van der Waals surface area contributed by atoms with Crippen molar-refractivity contribution in [1.29, 1.82) is 0 Å². The van der Waals surface area contributed by atoms with Crippen molar-refractivity contribution in [2.24, 2.45) is 4.99 Å². The van der Waals surface area contributed by atoms with Gasteiger partial charge in [-0.05, 0) is 99.2 Å². The van der Waals surface area contributed by atoms with E-state index in [0.717, 1.165) is 44.6 Å². The van der Waals surface area contributed by atoms with Gasteiger partial charge in [-0.1, -0.05) is 137 Å². The topological polar surface area (TPSA) is 49.7 Å². The molecule has 0 atom stereocenters. The molecule has 254 valence electrons. The molecule has 0 aliphatic heterocycles. The molecule has 0 aliphatic rings. The molecule has 3 nitrogen and oxygen atoms in total. The van der Waals surface area contributed by atoms with E-state index >= 15 is 0 Å². The average molecular weight is 701 g/mol. The molecular weight excluding hydrogens is 657 g/mol. The molecule has 0 unspecified atom stereocenters. The van der Waals surface area contributed by atoms with E-state index in [0.29, 0.717) is 11.3 Å². The molecule has 0 radical (unpaired) electrons. The Morgan fingerprint density at radius 3 is 1.14 bits per heavy atom. The zero-order chi connectivity index (χ0) is 34.7. The summed E-state index contributed by atoms with van der Waals surface area (Å²) in [5, 5.41) is 9.89. The number of nitrogens with zero attached hydrogens (tertiary/aromatic N) is 1. The third-order valence-electron chi connectivity index (χ3n) is 9.32. The maximum atomic E-state index is 13.9. The Kier molecular flexibility index (Phi) is 11.4. The van der Waals surface area contributed by atoms with E-state index in [1.54, 1.807) is 31.2 Å². The van der Waals surface area contributed by atoms with E-state index in [-0.39, 0.29) is 39.9 Å². The molecule has 0 saturated heterocycles. The van der Waals surface area contributed by atoms with Crippen molar-refractivity contribution < 1.29 is 26.4 Å². The minimum Gasteiger partial charge on any atom is -0.508 e. The van der Waals surface area contributed by atoms with Gasteiger partial charge < -0.3 is 5.11 Å². The summed E-state index contributed by atoms with van der Waals surface area (Å²) in [7, 11) is 0. The van der Waals surface area contributed by atoms with Gasteiger partial charge in [0.2, 0.25) is 5.78 Å². The molecule has 50 heavy (non-hydrogen) atoms. The van der Waals surface area contributed by atoms with Crippen LogP contribution < -0.4 is 0 Å². The van der Waals surface area contributed by atoms with Gasteiger partial charge in [0.15, 0.2) is 0 Å². The van der Waals surface area contributed by atoms with Crippen molar-refractivity contribution in [3.05, 3.63) is 200 Å². The molecule has 1 N–H and O–H groups in total. The van der Waals surface area contributed by atoms with Crippen LogP contribution in [-0.2, 0) is 16.5 Å². The number of Topliss-reactive ketones (excluding diaryl/α,β-unsaturated/α-hetero) is 1. The molecule has 4 heteroatoms. The van der Waals surface area contributed by atoms with Gasteiger partial charge in [-0.15, -0.1) is 0 Å². The quantitative estimate of drug-likeness (QED) is 0.0707. The molecule has 6 aromatic rings. The number of ketones is 1. The van der Waals surface area contributed by atoms with E-state index in [4.69, 9.17) is 4.99 Å². The number of hydrogen-bond acceptors (Lipinski definition) is 3. The summed E-state index contributed by atoms with van der Waals surface area (Å²) >= 11 is 0. The maximum Gasteiger partial charge on any atom is 0.206 e. The number of phenolic OH excluding ortho intramolecular Hbond substituents is 1. The second-order valence-electron chi connectivity index (χ2n) is 13.4. The van der Waals surface area contributed by atoms with E-state index in [1.807, 2.05) is 0 Å². The minimum atomic E-state index is -0.179. The summed E-state index contributed by atoms with van der Waals surface area (Å²) in [6.07, 6.45) is 0. The first kappa shape index (κ1) is 36.2. The molecule has 6 rings (SSSR count). The van der Waals surface area contributed by atoms with Crippen molar-refractivity contribution in [3.8, 4) is 5.75 Å². The standard InChI is InChI=1S/C46H43NO2.Ni/c1-29-7-15-35(16-8-29)43(36-17-9-30(2)10-18-36)41-27-33(5)28-42(45(41)47-34(6)46(49)39-23-25-40(48)26-24-39)44(37-19-11-31(3)12-20-37)38-21-13-32(4)14-22-38;/h7-28,43-44,48H,1-6H3;. The van der Waals surface area contributed by atoms with Crippen molar-refractivity contribution in [2.45, 2.75) is 53.4 Å². The third kappa shape index (κ3) is 8.04. The van der Waals surface area contributed by atoms with Crippen molar-refractivity contribution >= 4 is 17.2 Å². The monoisotopic (exact) mass is 699 g/mol. The number of aromatic hydroxyl groups is 1. The fourth-order valence-electron chi connectivity index (χ4n) is 6.58. The molecule has 0 amide bonds. The van der Waals surface area contributed by atoms with E-state index in [9.17, 15) is 9.90 Å². The number of carbonyl (C=O) groups excluding carboxylic acids is 1. The second kappa shape index (κ2) is 15.7. The Morgan fingerprint density at radius 2 is 0.820 bits per heavy atom. The SMILES string of the molecule is CC(=Nc1c(C(c2ccc(C)cc2)c2ccc(C)cc2)cc(C)cc1C(c1ccc(C)cc1)c1ccc(C)cc1)C(=O)c1ccc(O)cc1.[Ni]. The largest absolute Gasteiger partial charge is 0.508 e. The molecule has 0 heterocycles. The summed E-state index contributed by atoms with van der Waals surface area (Å²) < 4.78 is 0. The molecule has 0 aliphatic carbocycles. The van der Waals surface area contributed by atoms with Crippen molar-refractivity contribution in [2.75, 3.05) is 0 Å². The van der Waals surface area contributed by atoms with Crippen LogP contribution in [0.2, 0.25) is 0 Å². The van der Waals surface area contributed by atoms with Crippen LogP contribution in [0.3, 0.4) is 0 Å². The number of aliphatic imine (C=N–C) groups is 1. The summed E-state index contributed by atoms with van der Waals surface area (Å²) in [5.74, 6) is -0.326. The first-order valence-corrected chi connectivity index (χ1v) is 16.9. The minimum absolute atomic E-state index is 0. The van der Waals surface area contributed by atoms with Gasteiger partial charge in [0, 0.05) is 33.9 Å². The van der Waals surface area contributed by atoms with Gasteiger partial charge in [-0.2, -0.15) is 0 Å². The van der Waals surface area contributed by atoms with Gasteiger partial charge in [-0.25, -0.2) is 4.99 Å². The zero-order valence-electron chi connectivity index (χ0n) is 29.5. The summed E-state index contributed by atoms with van der Waals surface area (Å²) in [5.41, 5.74) is 14.3. The Morgan fingerprint density at radius 1 is 0.500 bits per heavy atom. The van der Waals surface area contributed by atoms with Gasteiger partial charge in [0.25, 0.3) is 0 Å². The molecular formula is C46H43NNiO2. The number of carbonyl (C=O) groups is 1. The maximum absolute atomic E-state index is 13.9. The fourth-order valence-corrected chi connectivity index (χ4v) is 6.58. The number of phenols is 1. The Hall–Kier alpha value is -5.05. The Bertz CT molecular complexity index is 1900. The van der Waals surface area contributed by atoms with Gasteiger partial charge in [0.1, 0.15) is 5.75 Å². The normalized spacial score (nSPS) is 11.5. The van der Waals surface area contributed by atoms with Gasteiger partial charge in [-0.3, -0.25) is 4.79 Å². The van der Waals surface area contributed by atoms with Crippen LogP contribution >= 0.6 is 0 Å². The molecule has 0 fully saturated rings. The van der Waals surface area contributed by atoms with Crippen LogP contribution in [0.4, 0.5) is 5.69 Å². The molecule has 0 bridgehead atoms. The van der Waals surface area contributed by atoms with E-state index in [1.165, 1.54) is 22.3 Å². The molecule has 0 aromatic heterocycles. The zero-order valence-corrected chi connectivity index (χ0v) is 30.5. The van der Waals surface area contributed by atoms with Crippen molar-refractivity contribution in [3.63, 3.8) is 0 Å². The number of hydrogen-bond donors (Lipinski definition) is 1. The van der Waals surface area contributed by atoms with Crippen LogP contribution in [0.15, 0.2) is 138 Å². The van der Waals surface area contributed by atoms with Crippen LogP contribution in [0, 0.1) is 34.6 Å². The summed E-state index contributed by atoms with van der Waals surface area (Å²) in [4.78, 5) is 19.2. The summed E-state index contributed by atoms with van der Waals surface area (Å²) in [6, 6.07) is 45.9. The number of rotatable bonds is 9.